The minimum atomic E-state index is -0.484. The number of nitrogens with one attached hydrogen (secondary N) is 1. The van der Waals surface area contributed by atoms with Gasteiger partial charge in [-0.1, -0.05) is 18.2 Å². The van der Waals surface area contributed by atoms with Crippen LogP contribution in [0.25, 0.3) is 10.9 Å². The van der Waals surface area contributed by atoms with Crippen LogP contribution in [0.15, 0.2) is 48.5 Å². The number of hydrogen-bond acceptors (Lipinski definition) is 6. The first-order valence-corrected chi connectivity index (χ1v) is 8.12. The van der Waals surface area contributed by atoms with Crippen LogP contribution in [0, 0.1) is 21.4 Å². The first-order chi connectivity index (χ1) is 12.6. The van der Waals surface area contributed by atoms with Crippen molar-refractivity contribution in [2.75, 3.05) is 11.9 Å². The molecule has 7 heteroatoms. The lowest BCUT2D eigenvalue weighted by molar-refractivity contribution is -0.384. The molecule has 128 valence electrons. The molecule has 1 N–H and O–H groups in total. The van der Waals surface area contributed by atoms with Gasteiger partial charge in [-0.2, -0.15) is 5.26 Å². The molecule has 0 saturated carbocycles. The summed E-state index contributed by atoms with van der Waals surface area (Å²) in [4.78, 5) is 14.9. The van der Waals surface area contributed by atoms with Crippen molar-refractivity contribution in [1.29, 1.82) is 5.26 Å². The number of fused-ring (bicyclic) bond motifs is 2. The summed E-state index contributed by atoms with van der Waals surface area (Å²) in [5.74, 6) is 1.44. The second-order valence-corrected chi connectivity index (χ2v) is 6.06. The number of para-hydroxylation sites is 1. The Balaban J connectivity index is 1.55. The number of benzene rings is 2. The van der Waals surface area contributed by atoms with Gasteiger partial charge in [0.25, 0.3) is 5.69 Å². The molecule has 7 nitrogen and oxygen atoms in total. The molecule has 1 aliphatic heterocycles. The predicted octanol–water partition coefficient (Wildman–Crippen LogP) is 3.43. The highest BCUT2D eigenvalue weighted by molar-refractivity contribution is 5.88. The Hall–Kier alpha value is -3.66. The van der Waals surface area contributed by atoms with Gasteiger partial charge in [-0.3, -0.25) is 10.1 Å². The van der Waals surface area contributed by atoms with Crippen LogP contribution < -0.4 is 10.1 Å². The molecule has 2 heterocycles. The largest absolute Gasteiger partial charge is 0.488 e. The number of ether oxygens (including phenoxy) is 1. The Labute approximate surface area is 149 Å². The zero-order valence-corrected chi connectivity index (χ0v) is 13.7. The summed E-state index contributed by atoms with van der Waals surface area (Å²) in [5, 5.41) is 24.0. The third-order valence-electron chi connectivity index (χ3n) is 4.35. The van der Waals surface area contributed by atoms with Gasteiger partial charge < -0.3 is 10.1 Å². The lowest BCUT2D eigenvalue weighted by atomic mass is 10.1. The van der Waals surface area contributed by atoms with Crippen molar-refractivity contribution in [2.45, 2.75) is 12.5 Å². The molecule has 4 rings (SSSR count). The van der Waals surface area contributed by atoms with E-state index in [4.69, 9.17) is 4.74 Å². The topological polar surface area (TPSA) is 101 Å². The monoisotopic (exact) mass is 346 g/mol. The van der Waals surface area contributed by atoms with Crippen LogP contribution in [0.3, 0.4) is 0 Å². The second-order valence-electron chi connectivity index (χ2n) is 6.06. The van der Waals surface area contributed by atoms with Crippen molar-refractivity contribution in [3.63, 3.8) is 0 Å². The molecule has 0 saturated heterocycles. The first kappa shape index (κ1) is 15.8. The van der Waals surface area contributed by atoms with Crippen molar-refractivity contribution >= 4 is 22.4 Å². The van der Waals surface area contributed by atoms with Crippen LogP contribution in [-0.4, -0.2) is 22.6 Å². The SMILES string of the molecule is N#Cc1cc(NCC2Cc3ccccc3O2)nc2ccc([N+](=O)[O-])cc12. The fourth-order valence-electron chi connectivity index (χ4n) is 3.10. The Morgan fingerprint density at radius 1 is 1.31 bits per heavy atom. The van der Waals surface area contributed by atoms with Gasteiger partial charge >= 0.3 is 0 Å². The molecule has 26 heavy (non-hydrogen) atoms. The number of non-ortho nitro benzene ring substituents is 1. The van der Waals surface area contributed by atoms with Gasteiger partial charge in [-0.05, 0) is 23.8 Å². The maximum absolute atomic E-state index is 10.9. The number of nitro groups is 1. The number of nitrogens with zero attached hydrogens (tertiary/aromatic N) is 3. The maximum Gasteiger partial charge on any atom is 0.270 e. The van der Waals surface area contributed by atoms with Gasteiger partial charge in [-0.25, -0.2) is 4.98 Å². The number of nitriles is 1. The van der Waals surface area contributed by atoms with E-state index in [1.807, 2.05) is 24.3 Å². The number of rotatable bonds is 4. The number of hydrogen-bond donors (Lipinski definition) is 1. The van der Waals surface area contributed by atoms with Gasteiger partial charge in [0, 0.05) is 23.9 Å². The van der Waals surface area contributed by atoms with Crippen molar-refractivity contribution in [1.82, 2.24) is 4.98 Å². The molecule has 1 aliphatic rings. The maximum atomic E-state index is 10.9. The minimum absolute atomic E-state index is 0.00714. The predicted molar refractivity (Wildman–Crippen MR) is 96.2 cm³/mol. The molecule has 1 atom stereocenters. The summed E-state index contributed by atoms with van der Waals surface area (Å²) in [5.41, 5.74) is 1.99. The van der Waals surface area contributed by atoms with Crippen LogP contribution in [0.1, 0.15) is 11.1 Å². The second kappa shape index (κ2) is 6.33. The molecule has 0 spiro atoms. The van der Waals surface area contributed by atoms with Crippen LogP contribution in [0.4, 0.5) is 11.5 Å². The Morgan fingerprint density at radius 2 is 2.15 bits per heavy atom. The molecular formula is C19H14N4O3. The number of aromatic nitrogens is 1. The van der Waals surface area contributed by atoms with E-state index in [0.29, 0.717) is 28.8 Å². The van der Waals surface area contributed by atoms with Crippen molar-refractivity contribution in [2.24, 2.45) is 0 Å². The molecule has 0 bridgehead atoms. The van der Waals surface area contributed by atoms with Gasteiger partial charge in [0.1, 0.15) is 17.7 Å². The Morgan fingerprint density at radius 3 is 2.92 bits per heavy atom. The van der Waals surface area contributed by atoms with Crippen molar-refractivity contribution in [3.8, 4) is 11.8 Å². The van der Waals surface area contributed by atoms with E-state index in [2.05, 4.69) is 16.4 Å². The standard InChI is InChI=1S/C19H14N4O3/c20-10-13-8-19(22-17-6-5-14(23(24)25)9-16(13)17)21-11-15-7-12-3-1-2-4-18(12)26-15/h1-6,8-9,15H,7,11H2,(H,21,22). The zero-order chi connectivity index (χ0) is 18.1. The third-order valence-corrected chi connectivity index (χ3v) is 4.35. The smallest absolute Gasteiger partial charge is 0.270 e. The lowest BCUT2D eigenvalue weighted by Crippen LogP contribution is -2.24. The molecule has 0 amide bonds. The average Bonchev–Trinajstić information content (AvgIpc) is 3.08. The highest BCUT2D eigenvalue weighted by Gasteiger charge is 2.22. The third kappa shape index (κ3) is 2.89. The summed E-state index contributed by atoms with van der Waals surface area (Å²) >= 11 is 0. The summed E-state index contributed by atoms with van der Waals surface area (Å²) < 4.78 is 5.88. The highest BCUT2D eigenvalue weighted by atomic mass is 16.6. The summed E-state index contributed by atoms with van der Waals surface area (Å²) in [6, 6.07) is 15.9. The van der Waals surface area contributed by atoms with Gasteiger partial charge in [-0.15, -0.1) is 0 Å². The first-order valence-electron chi connectivity index (χ1n) is 8.12. The van der Waals surface area contributed by atoms with E-state index < -0.39 is 4.92 Å². The van der Waals surface area contributed by atoms with Crippen LogP contribution in [-0.2, 0) is 6.42 Å². The molecule has 2 aromatic carbocycles. The molecule has 1 aromatic heterocycles. The van der Waals surface area contributed by atoms with Crippen LogP contribution in [0.5, 0.6) is 5.75 Å². The van der Waals surface area contributed by atoms with Crippen molar-refractivity contribution in [3.05, 3.63) is 69.8 Å². The van der Waals surface area contributed by atoms with Gasteiger partial charge in [0.2, 0.25) is 0 Å². The van der Waals surface area contributed by atoms with E-state index in [1.165, 1.54) is 17.7 Å². The molecular weight excluding hydrogens is 332 g/mol. The highest BCUT2D eigenvalue weighted by Crippen LogP contribution is 2.29. The molecule has 0 fully saturated rings. The molecule has 0 aliphatic carbocycles. The lowest BCUT2D eigenvalue weighted by Gasteiger charge is -2.13. The van der Waals surface area contributed by atoms with Crippen LogP contribution >= 0.6 is 0 Å². The quantitative estimate of drug-likeness (QED) is 0.574. The molecule has 1 unspecified atom stereocenters. The minimum Gasteiger partial charge on any atom is -0.488 e. The van der Waals surface area contributed by atoms with E-state index in [0.717, 1.165) is 12.2 Å². The Kier molecular flexibility index (Phi) is 3.86. The fourth-order valence-corrected chi connectivity index (χ4v) is 3.10. The fraction of sp³-hybridized carbons (Fsp3) is 0.158. The molecule has 0 radical (unpaired) electrons. The molecule has 3 aromatic rings. The number of nitro benzene ring substituents is 1. The summed E-state index contributed by atoms with van der Waals surface area (Å²) in [6.45, 7) is 0.547. The Bertz CT molecular complexity index is 1030. The average molecular weight is 346 g/mol. The van der Waals surface area contributed by atoms with E-state index in [-0.39, 0.29) is 11.8 Å². The normalized spacial score (nSPS) is 15.1. The number of pyridine rings is 1. The zero-order valence-electron chi connectivity index (χ0n) is 13.7. The van der Waals surface area contributed by atoms with E-state index >= 15 is 0 Å². The van der Waals surface area contributed by atoms with E-state index in [9.17, 15) is 15.4 Å². The van der Waals surface area contributed by atoms with Crippen LogP contribution in [0.2, 0.25) is 0 Å². The van der Waals surface area contributed by atoms with E-state index in [1.54, 1.807) is 12.1 Å². The summed E-state index contributed by atoms with van der Waals surface area (Å²) in [6.07, 6.45) is 0.806. The van der Waals surface area contributed by atoms with Gasteiger partial charge in [0.05, 0.1) is 28.6 Å². The van der Waals surface area contributed by atoms with Crippen molar-refractivity contribution < 1.29 is 9.66 Å². The number of anilines is 1. The van der Waals surface area contributed by atoms with Gasteiger partial charge in [0.15, 0.2) is 0 Å². The summed E-state index contributed by atoms with van der Waals surface area (Å²) in [7, 11) is 0.